The molecule has 2 aromatic rings. The second kappa shape index (κ2) is 21.7. The third kappa shape index (κ3) is 14.3. The largest absolute Gasteiger partial charge is 0.463 e. The Morgan fingerprint density at radius 2 is 1.29 bits per heavy atom. The highest BCUT2D eigenvalue weighted by Crippen LogP contribution is 2.44. The first-order chi connectivity index (χ1) is 27.9. The zero-order valence-corrected chi connectivity index (χ0v) is 35.3. The minimum atomic E-state index is -1.27. The van der Waals surface area contributed by atoms with Gasteiger partial charge in [-0.05, 0) is 61.6 Å². The molecule has 322 valence electrons. The number of nitrogens with one attached hydrogen (secondary N) is 2. The SMILES string of the molecule is CC(=O)OC[C@H]1O[C@H](SCCCCCNC(=O)[C@H](CC(=O)OC(C)(C)C)NC(=O)OCC2c3ccccc3-c3ccccc32)[C@@H](OC(C)=O)[C@@H](OC(C)=O)[C@@H]1OC(C)=O. The van der Waals surface area contributed by atoms with Crippen LogP contribution in [0.5, 0.6) is 0 Å². The normalized spacial score (nSPS) is 20.2. The lowest BCUT2D eigenvalue weighted by Gasteiger charge is -2.44. The van der Waals surface area contributed by atoms with Crippen LogP contribution < -0.4 is 10.6 Å². The van der Waals surface area contributed by atoms with Crippen molar-refractivity contribution in [3.63, 3.8) is 0 Å². The van der Waals surface area contributed by atoms with Gasteiger partial charge in [0.15, 0.2) is 18.3 Å². The van der Waals surface area contributed by atoms with Gasteiger partial charge in [-0.25, -0.2) is 4.79 Å². The summed E-state index contributed by atoms with van der Waals surface area (Å²) in [5.74, 6) is -3.72. The number of rotatable bonds is 18. The maximum atomic E-state index is 13.4. The quantitative estimate of drug-likeness (QED) is 0.118. The van der Waals surface area contributed by atoms with Crippen LogP contribution in [-0.2, 0) is 61.9 Å². The van der Waals surface area contributed by atoms with Crippen molar-refractivity contribution >= 4 is 53.6 Å². The Labute approximate surface area is 348 Å². The van der Waals surface area contributed by atoms with Gasteiger partial charge < -0.3 is 43.8 Å². The van der Waals surface area contributed by atoms with Gasteiger partial charge in [0.05, 0.1) is 6.42 Å². The summed E-state index contributed by atoms with van der Waals surface area (Å²) in [6.07, 6.45) is -4.21. The monoisotopic (exact) mass is 842 g/mol. The molecular weight excluding hydrogens is 789 g/mol. The van der Waals surface area contributed by atoms with Crippen LogP contribution in [-0.4, -0.2) is 109 Å². The van der Waals surface area contributed by atoms with Crippen molar-refractivity contribution in [1.29, 1.82) is 0 Å². The van der Waals surface area contributed by atoms with Crippen molar-refractivity contribution in [2.75, 3.05) is 25.5 Å². The highest BCUT2D eigenvalue weighted by atomic mass is 32.2. The summed E-state index contributed by atoms with van der Waals surface area (Å²) in [5, 5.41) is 5.34. The maximum Gasteiger partial charge on any atom is 0.407 e. The van der Waals surface area contributed by atoms with Crippen LogP contribution in [0.1, 0.15) is 91.2 Å². The Morgan fingerprint density at radius 3 is 1.86 bits per heavy atom. The van der Waals surface area contributed by atoms with E-state index in [-0.39, 0.29) is 25.7 Å². The number of benzene rings is 2. The number of unbranched alkanes of at least 4 members (excludes halogenated alkanes) is 2. The number of fused-ring (bicyclic) bond motifs is 3. The summed E-state index contributed by atoms with van der Waals surface area (Å²) < 4.78 is 38.8. The predicted octanol–water partition coefficient (Wildman–Crippen LogP) is 4.73. The molecule has 2 amide bonds. The molecule has 17 heteroatoms. The molecule has 1 heterocycles. The number of carbonyl (C=O) groups is 7. The van der Waals surface area contributed by atoms with E-state index in [1.807, 2.05) is 48.5 Å². The number of thioether (sulfide) groups is 1. The van der Waals surface area contributed by atoms with E-state index in [9.17, 15) is 33.6 Å². The van der Waals surface area contributed by atoms with Crippen LogP contribution >= 0.6 is 11.8 Å². The molecule has 1 saturated heterocycles. The smallest absolute Gasteiger partial charge is 0.407 e. The van der Waals surface area contributed by atoms with E-state index in [0.29, 0.717) is 25.0 Å². The maximum absolute atomic E-state index is 13.4. The lowest BCUT2D eigenvalue weighted by molar-refractivity contribution is -0.237. The minimum absolute atomic E-state index is 0.0240. The molecule has 1 fully saturated rings. The molecule has 2 N–H and O–H groups in total. The summed E-state index contributed by atoms with van der Waals surface area (Å²) >= 11 is 1.26. The first-order valence-electron chi connectivity index (χ1n) is 19.5. The molecule has 2 aromatic carbocycles. The average Bonchev–Trinajstić information content (AvgIpc) is 3.46. The number of carbonyl (C=O) groups excluding carboxylic acids is 7. The van der Waals surface area contributed by atoms with E-state index in [2.05, 4.69) is 10.6 Å². The zero-order chi connectivity index (χ0) is 43.3. The first-order valence-corrected chi connectivity index (χ1v) is 20.5. The number of hydrogen-bond acceptors (Lipinski definition) is 15. The van der Waals surface area contributed by atoms with Gasteiger partial charge in [0.25, 0.3) is 0 Å². The molecule has 59 heavy (non-hydrogen) atoms. The average molecular weight is 843 g/mol. The molecule has 0 aromatic heterocycles. The molecule has 0 bridgehead atoms. The fourth-order valence-electron chi connectivity index (χ4n) is 6.80. The molecule has 0 radical (unpaired) electrons. The van der Waals surface area contributed by atoms with Gasteiger partial charge in [0.2, 0.25) is 5.91 Å². The van der Waals surface area contributed by atoms with Crippen LogP contribution in [0.2, 0.25) is 0 Å². The first kappa shape index (κ1) is 46.5. The van der Waals surface area contributed by atoms with Crippen LogP contribution in [0.4, 0.5) is 4.79 Å². The predicted molar refractivity (Wildman–Crippen MR) is 214 cm³/mol. The summed E-state index contributed by atoms with van der Waals surface area (Å²) in [7, 11) is 0. The topological polar surface area (TPSA) is 208 Å². The summed E-state index contributed by atoms with van der Waals surface area (Å²) in [4.78, 5) is 87.1. The van der Waals surface area contributed by atoms with E-state index in [1.165, 1.54) is 25.6 Å². The molecule has 0 spiro atoms. The third-order valence-electron chi connectivity index (χ3n) is 9.09. The van der Waals surface area contributed by atoms with Gasteiger partial charge in [0.1, 0.15) is 36.4 Å². The molecule has 0 unspecified atom stereocenters. The van der Waals surface area contributed by atoms with Crippen molar-refractivity contribution in [1.82, 2.24) is 10.6 Å². The number of ether oxygens (including phenoxy) is 7. The van der Waals surface area contributed by atoms with Crippen molar-refractivity contribution in [3.8, 4) is 11.1 Å². The van der Waals surface area contributed by atoms with Crippen LogP contribution in [0.25, 0.3) is 11.1 Å². The lowest BCUT2D eigenvalue weighted by Crippen LogP contribution is -2.61. The van der Waals surface area contributed by atoms with E-state index in [4.69, 9.17) is 33.2 Å². The van der Waals surface area contributed by atoms with Crippen LogP contribution in [0, 0.1) is 0 Å². The standard InChI is InChI=1S/C42H54N2O14S/c1-24(45)52-23-34-36(54-25(2)46)37(55-26(3)47)38(56-27(4)48)40(57-34)59-20-14-8-13-19-43-39(50)33(21-35(49)58-42(5,6)7)44-41(51)53-22-32-30-17-11-9-15-28(30)29-16-10-12-18-31(29)32/h9-12,15-18,32-34,36-38,40H,8,13-14,19-23H2,1-7H3,(H,43,50)(H,44,51)/t33-,34+,36+,37-,38-,40+/m0/s1. The molecule has 4 rings (SSSR count). The minimum Gasteiger partial charge on any atom is -0.463 e. The number of amides is 2. The molecule has 2 aliphatic rings. The molecule has 16 nitrogen and oxygen atoms in total. The van der Waals surface area contributed by atoms with Crippen molar-refractivity contribution < 1.29 is 66.7 Å². The van der Waals surface area contributed by atoms with E-state index in [0.717, 1.165) is 36.1 Å². The number of alkyl carbamates (subject to hydrolysis) is 1. The third-order valence-corrected chi connectivity index (χ3v) is 10.3. The molecule has 6 atom stereocenters. The summed E-state index contributed by atoms with van der Waals surface area (Å²) in [5.41, 5.74) is 2.49. The molecular formula is C42H54N2O14S. The molecule has 0 saturated carbocycles. The molecule has 1 aliphatic heterocycles. The highest BCUT2D eigenvalue weighted by Gasteiger charge is 2.52. The van der Waals surface area contributed by atoms with Gasteiger partial charge in [-0.15, -0.1) is 11.8 Å². The zero-order valence-electron chi connectivity index (χ0n) is 34.4. The van der Waals surface area contributed by atoms with Crippen molar-refractivity contribution in [3.05, 3.63) is 59.7 Å². The highest BCUT2D eigenvalue weighted by molar-refractivity contribution is 7.99. The fraction of sp³-hybridized carbons (Fsp3) is 0.548. The fourth-order valence-corrected chi connectivity index (χ4v) is 8.03. The summed E-state index contributed by atoms with van der Waals surface area (Å²) in [6.45, 7) is 9.72. The van der Waals surface area contributed by atoms with Gasteiger partial charge in [-0.3, -0.25) is 28.8 Å². The van der Waals surface area contributed by atoms with E-state index in [1.54, 1.807) is 20.8 Å². The van der Waals surface area contributed by atoms with Gasteiger partial charge in [-0.1, -0.05) is 55.0 Å². The second-order valence-corrected chi connectivity index (χ2v) is 16.3. The van der Waals surface area contributed by atoms with E-state index >= 15 is 0 Å². The number of hydrogen-bond donors (Lipinski definition) is 2. The van der Waals surface area contributed by atoms with Crippen LogP contribution in [0.15, 0.2) is 48.5 Å². The summed E-state index contributed by atoms with van der Waals surface area (Å²) in [6, 6.07) is 14.5. The van der Waals surface area contributed by atoms with Crippen LogP contribution in [0.3, 0.4) is 0 Å². The Morgan fingerprint density at radius 1 is 0.712 bits per heavy atom. The molecule has 1 aliphatic carbocycles. The van der Waals surface area contributed by atoms with Gasteiger partial charge >= 0.3 is 35.9 Å². The van der Waals surface area contributed by atoms with Crippen molar-refractivity contribution in [2.24, 2.45) is 0 Å². The lowest BCUT2D eigenvalue weighted by atomic mass is 9.98. The Balaban J connectivity index is 1.32. The van der Waals surface area contributed by atoms with Gasteiger partial charge in [0, 0.05) is 40.2 Å². The second-order valence-electron chi connectivity index (χ2n) is 15.1. The Bertz CT molecular complexity index is 1780. The van der Waals surface area contributed by atoms with Crippen molar-refractivity contribution in [2.45, 2.75) is 122 Å². The van der Waals surface area contributed by atoms with Gasteiger partial charge in [-0.2, -0.15) is 0 Å². The number of esters is 5. The Hall–Kier alpha value is -5.16. The Kier molecular flexibility index (Phi) is 17.1. The van der Waals surface area contributed by atoms with E-state index < -0.39 is 89.8 Å².